The van der Waals surface area contributed by atoms with Gasteiger partial charge in [-0.1, -0.05) is 42.8 Å². The van der Waals surface area contributed by atoms with Crippen molar-refractivity contribution in [2.45, 2.75) is 33.2 Å². The van der Waals surface area contributed by atoms with Crippen LogP contribution in [0.2, 0.25) is 0 Å². The summed E-state index contributed by atoms with van der Waals surface area (Å²) in [4.78, 5) is 12.6. The molecule has 1 atom stereocenters. The van der Waals surface area contributed by atoms with Gasteiger partial charge in [0.2, 0.25) is 0 Å². The Balaban J connectivity index is 3.08. The molecule has 0 saturated heterocycles. The summed E-state index contributed by atoms with van der Waals surface area (Å²) >= 11 is 3.44. The molecule has 1 rings (SSSR count). The van der Waals surface area contributed by atoms with Crippen LogP contribution in [-0.4, -0.2) is 31.5 Å². The number of hydrogen-bond donors (Lipinski definition) is 1. The highest BCUT2D eigenvalue weighted by atomic mass is 79.9. The van der Waals surface area contributed by atoms with Gasteiger partial charge in [0.15, 0.2) is 0 Å². The number of benzene rings is 1. The minimum absolute atomic E-state index is 0.0291. The van der Waals surface area contributed by atoms with E-state index >= 15 is 0 Å². The average Bonchev–Trinajstić information content (AvgIpc) is 2.44. The average molecular weight is 358 g/mol. The second-order valence-electron chi connectivity index (χ2n) is 5.91. The van der Waals surface area contributed by atoms with Crippen molar-refractivity contribution in [3.63, 3.8) is 0 Å². The van der Waals surface area contributed by atoms with E-state index in [0.29, 0.717) is 17.1 Å². The normalized spacial score (nSPS) is 12.7. The lowest BCUT2D eigenvalue weighted by Crippen LogP contribution is -2.44. The van der Waals surface area contributed by atoms with Crippen molar-refractivity contribution in [3.05, 3.63) is 23.8 Å². The van der Waals surface area contributed by atoms with Crippen molar-refractivity contribution < 1.29 is 14.3 Å². The van der Waals surface area contributed by atoms with Crippen molar-refractivity contribution in [2.75, 3.05) is 19.5 Å². The quantitative estimate of drug-likeness (QED) is 0.790. The molecule has 1 amide bonds. The van der Waals surface area contributed by atoms with Crippen LogP contribution in [0.15, 0.2) is 18.2 Å². The highest BCUT2D eigenvalue weighted by Gasteiger charge is 2.28. The Bertz CT molecular complexity index is 461. The van der Waals surface area contributed by atoms with Gasteiger partial charge in [-0.2, -0.15) is 0 Å². The third-order valence-corrected chi connectivity index (χ3v) is 3.86. The van der Waals surface area contributed by atoms with Crippen molar-refractivity contribution in [2.24, 2.45) is 5.41 Å². The minimum atomic E-state index is -0.176. The summed E-state index contributed by atoms with van der Waals surface area (Å²) in [6.45, 7) is 6.33. The molecule has 0 saturated carbocycles. The van der Waals surface area contributed by atoms with Gasteiger partial charge in [-0.05, 0) is 24.0 Å². The van der Waals surface area contributed by atoms with Gasteiger partial charge in [0.1, 0.15) is 17.1 Å². The van der Waals surface area contributed by atoms with Crippen molar-refractivity contribution >= 4 is 21.8 Å². The van der Waals surface area contributed by atoms with E-state index in [1.807, 2.05) is 0 Å². The van der Waals surface area contributed by atoms with Crippen LogP contribution in [0.25, 0.3) is 0 Å². The first-order valence-electron chi connectivity index (χ1n) is 6.93. The molecule has 1 N–H and O–H groups in total. The number of carbonyl (C=O) groups is 1. The third kappa shape index (κ3) is 4.63. The minimum Gasteiger partial charge on any atom is -0.496 e. The van der Waals surface area contributed by atoms with Crippen molar-refractivity contribution in [1.29, 1.82) is 0 Å². The van der Waals surface area contributed by atoms with Crippen LogP contribution >= 0.6 is 15.9 Å². The Morgan fingerprint density at radius 1 is 1.24 bits per heavy atom. The van der Waals surface area contributed by atoms with E-state index in [4.69, 9.17) is 9.47 Å². The number of alkyl halides is 1. The van der Waals surface area contributed by atoms with Gasteiger partial charge in [0.05, 0.1) is 14.2 Å². The summed E-state index contributed by atoms with van der Waals surface area (Å²) in [6.07, 6.45) is 0.854. The molecule has 1 aromatic carbocycles. The summed E-state index contributed by atoms with van der Waals surface area (Å²) in [5, 5.41) is 3.93. The number of halogens is 1. The van der Waals surface area contributed by atoms with Crippen LogP contribution in [0.1, 0.15) is 37.6 Å². The van der Waals surface area contributed by atoms with E-state index in [-0.39, 0.29) is 17.4 Å². The Hall–Kier alpha value is -1.23. The molecule has 4 nitrogen and oxygen atoms in total. The lowest BCUT2D eigenvalue weighted by atomic mass is 9.85. The van der Waals surface area contributed by atoms with Gasteiger partial charge in [-0.25, -0.2) is 0 Å². The predicted octanol–water partition coefficient (Wildman–Crippen LogP) is 3.63. The fraction of sp³-hybridized carbons (Fsp3) is 0.562. The number of carbonyl (C=O) groups excluding carboxylic acids is 1. The van der Waals surface area contributed by atoms with Gasteiger partial charge in [-0.15, -0.1) is 0 Å². The molecule has 0 spiro atoms. The molecule has 0 radical (unpaired) electrons. The summed E-state index contributed by atoms with van der Waals surface area (Å²) < 4.78 is 10.6. The fourth-order valence-corrected chi connectivity index (χ4v) is 2.59. The molecule has 0 aromatic heterocycles. The van der Waals surface area contributed by atoms with Crippen LogP contribution in [0.3, 0.4) is 0 Å². The van der Waals surface area contributed by atoms with E-state index in [2.05, 4.69) is 42.0 Å². The first-order valence-corrected chi connectivity index (χ1v) is 8.05. The smallest absolute Gasteiger partial charge is 0.259 e. The topological polar surface area (TPSA) is 47.6 Å². The van der Waals surface area contributed by atoms with Crippen LogP contribution in [0.5, 0.6) is 11.5 Å². The number of ether oxygens (including phenoxy) is 2. The van der Waals surface area contributed by atoms with Gasteiger partial charge in [0, 0.05) is 11.4 Å². The van der Waals surface area contributed by atoms with E-state index in [0.717, 1.165) is 11.8 Å². The molecular weight excluding hydrogens is 334 g/mol. The monoisotopic (exact) mass is 357 g/mol. The molecule has 5 heteroatoms. The maximum absolute atomic E-state index is 12.6. The molecule has 0 bridgehead atoms. The highest BCUT2D eigenvalue weighted by Crippen LogP contribution is 2.29. The molecule has 0 aliphatic heterocycles. The maximum Gasteiger partial charge on any atom is 0.259 e. The lowest BCUT2D eigenvalue weighted by Gasteiger charge is -2.31. The molecule has 0 heterocycles. The zero-order chi connectivity index (χ0) is 16.0. The molecule has 0 fully saturated rings. The number of amides is 1. The maximum atomic E-state index is 12.6. The third-order valence-electron chi connectivity index (χ3n) is 3.40. The van der Waals surface area contributed by atoms with E-state index in [1.165, 1.54) is 0 Å². The lowest BCUT2D eigenvalue weighted by molar-refractivity contribution is 0.0894. The van der Waals surface area contributed by atoms with Crippen LogP contribution < -0.4 is 14.8 Å². The highest BCUT2D eigenvalue weighted by molar-refractivity contribution is 9.09. The number of hydrogen-bond acceptors (Lipinski definition) is 3. The summed E-state index contributed by atoms with van der Waals surface area (Å²) in [7, 11) is 3.09. The zero-order valence-corrected chi connectivity index (χ0v) is 14.9. The zero-order valence-electron chi connectivity index (χ0n) is 13.3. The Morgan fingerprint density at radius 2 is 1.76 bits per heavy atom. The SMILES string of the molecule is COc1cccc(OC)c1C(=O)NC(CCBr)C(C)(C)C. The second kappa shape index (κ2) is 7.69. The van der Waals surface area contributed by atoms with Gasteiger partial charge >= 0.3 is 0 Å². The molecule has 0 aliphatic carbocycles. The summed E-state index contributed by atoms with van der Waals surface area (Å²) in [5.41, 5.74) is 0.407. The fourth-order valence-electron chi connectivity index (χ4n) is 2.14. The van der Waals surface area contributed by atoms with Crippen molar-refractivity contribution in [1.82, 2.24) is 5.32 Å². The van der Waals surface area contributed by atoms with E-state index < -0.39 is 0 Å². The Morgan fingerprint density at radius 3 is 2.14 bits per heavy atom. The van der Waals surface area contributed by atoms with Gasteiger partial charge in [-0.3, -0.25) is 4.79 Å². The first kappa shape index (κ1) is 17.8. The molecule has 0 aliphatic rings. The number of rotatable bonds is 6. The van der Waals surface area contributed by atoms with E-state index in [9.17, 15) is 4.79 Å². The summed E-state index contributed by atoms with van der Waals surface area (Å²) in [5.74, 6) is 0.849. The van der Waals surface area contributed by atoms with Gasteiger partial charge < -0.3 is 14.8 Å². The number of methoxy groups -OCH3 is 2. The molecular formula is C16H24BrNO3. The Kier molecular flexibility index (Phi) is 6.52. The van der Waals surface area contributed by atoms with Crippen LogP contribution in [0.4, 0.5) is 0 Å². The second-order valence-corrected chi connectivity index (χ2v) is 6.70. The van der Waals surface area contributed by atoms with Crippen molar-refractivity contribution in [3.8, 4) is 11.5 Å². The molecule has 118 valence electrons. The number of nitrogens with one attached hydrogen (secondary N) is 1. The largest absolute Gasteiger partial charge is 0.496 e. The van der Waals surface area contributed by atoms with Gasteiger partial charge in [0.25, 0.3) is 5.91 Å². The molecule has 1 aromatic rings. The summed E-state index contributed by atoms with van der Waals surface area (Å²) in [6, 6.07) is 5.37. The van der Waals surface area contributed by atoms with Crippen LogP contribution in [0, 0.1) is 5.41 Å². The molecule has 1 unspecified atom stereocenters. The first-order chi connectivity index (χ1) is 9.85. The molecule has 21 heavy (non-hydrogen) atoms. The Labute approximate surface area is 135 Å². The van der Waals surface area contributed by atoms with E-state index in [1.54, 1.807) is 32.4 Å². The van der Waals surface area contributed by atoms with Crippen LogP contribution in [-0.2, 0) is 0 Å². The standard InChI is InChI=1S/C16H24BrNO3/c1-16(2,3)13(9-10-17)18-15(19)14-11(20-4)7-6-8-12(14)21-5/h6-8,13H,9-10H2,1-5H3,(H,18,19). The predicted molar refractivity (Wildman–Crippen MR) is 88.7 cm³/mol.